The van der Waals surface area contributed by atoms with Gasteiger partial charge in [-0.15, -0.1) is 10.2 Å². The Hall–Kier alpha value is -2.44. The van der Waals surface area contributed by atoms with E-state index in [1.54, 1.807) is 25.7 Å². The van der Waals surface area contributed by atoms with E-state index in [1.165, 1.54) is 0 Å². The van der Waals surface area contributed by atoms with Gasteiger partial charge in [-0.05, 0) is 24.5 Å². The second kappa shape index (κ2) is 6.13. The van der Waals surface area contributed by atoms with Crippen molar-refractivity contribution in [1.29, 1.82) is 0 Å². The van der Waals surface area contributed by atoms with Crippen LogP contribution in [-0.4, -0.2) is 44.2 Å². The Morgan fingerprint density at radius 2 is 2.36 bits per heavy atom. The Kier molecular flexibility index (Phi) is 4.04. The highest BCUT2D eigenvalue weighted by molar-refractivity contribution is 5.79. The van der Waals surface area contributed by atoms with Gasteiger partial charge in [-0.25, -0.2) is 4.98 Å². The van der Waals surface area contributed by atoms with Gasteiger partial charge >= 0.3 is 0 Å². The highest BCUT2D eigenvalue weighted by Gasteiger charge is 2.32. The average Bonchev–Trinajstić information content (AvgIpc) is 3.15. The van der Waals surface area contributed by atoms with Crippen molar-refractivity contribution in [1.82, 2.24) is 24.6 Å². The van der Waals surface area contributed by atoms with Gasteiger partial charge in [0, 0.05) is 25.9 Å². The number of amides is 1. The summed E-state index contributed by atoms with van der Waals surface area (Å²) < 4.78 is 6.98. The summed E-state index contributed by atoms with van der Waals surface area (Å²) in [7, 11) is 3.47. The van der Waals surface area contributed by atoms with Gasteiger partial charge in [0.2, 0.25) is 11.8 Å². The molecule has 0 spiro atoms. The first-order valence-corrected chi connectivity index (χ1v) is 7.31. The summed E-state index contributed by atoms with van der Waals surface area (Å²) in [4.78, 5) is 18.6. The number of likely N-dealkylation sites (tertiary alicyclic amines) is 1. The average molecular weight is 301 g/mol. The third-order valence-electron chi connectivity index (χ3n) is 3.98. The number of aryl methyl sites for hydroxylation is 1. The summed E-state index contributed by atoms with van der Waals surface area (Å²) in [5.74, 6) is 1.47. The molecule has 0 N–H and O–H groups in total. The number of carbonyl (C=O) groups is 1. The molecule has 1 atom stereocenters. The molecule has 22 heavy (non-hydrogen) atoms. The van der Waals surface area contributed by atoms with Crippen molar-refractivity contribution in [3.8, 4) is 5.88 Å². The maximum atomic E-state index is 12.6. The van der Waals surface area contributed by atoms with Gasteiger partial charge in [0.15, 0.2) is 5.82 Å². The lowest BCUT2D eigenvalue weighted by Gasteiger charge is -2.24. The van der Waals surface area contributed by atoms with Gasteiger partial charge in [-0.1, -0.05) is 0 Å². The van der Waals surface area contributed by atoms with E-state index in [0.29, 0.717) is 12.3 Å². The number of nitrogens with zero attached hydrogens (tertiary/aromatic N) is 5. The molecule has 0 saturated carbocycles. The van der Waals surface area contributed by atoms with Crippen LogP contribution in [0, 0.1) is 0 Å². The molecule has 7 heteroatoms. The normalized spacial score (nSPS) is 17.7. The fourth-order valence-electron chi connectivity index (χ4n) is 2.88. The molecule has 0 aliphatic carbocycles. The van der Waals surface area contributed by atoms with Gasteiger partial charge < -0.3 is 14.2 Å². The van der Waals surface area contributed by atoms with E-state index < -0.39 is 0 Å². The van der Waals surface area contributed by atoms with Crippen LogP contribution in [0.5, 0.6) is 5.88 Å². The molecule has 0 radical (unpaired) electrons. The molecule has 1 fully saturated rings. The first kappa shape index (κ1) is 14.5. The monoisotopic (exact) mass is 301 g/mol. The van der Waals surface area contributed by atoms with E-state index in [-0.39, 0.29) is 11.9 Å². The molecule has 116 valence electrons. The number of carbonyl (C=O) groups excluding carboxylic acids is 1. The summed E-state index contributed by atoms with van der Waals surface area (Å²) in [6, 6.07) is 3.66. The predicted octanol–water partition coefficient (Wildman–Crippen LogP) is 1.12. The van der Waals surface area contributed by atoms with E-state index in [1.807, 2.05) is 22.6 Å². The summed E-state index contributed by atoms with van der Waals surface area (Å²) in [6.45, 7) is 0.762. The maximum absolute atomic E-state index is 12.6. The highest BCUT2D eigenvalue weighted by atomic mass is 16.5. The van der Waals surface area contributed by atoms with Crippen LogP contribution < -0.4 is 4.74 Å². The molecule has 1 aliphatic rings. The lowest BCUT2D eigenvalue weighted by Crippen LogP contribution is -2.33. The number of aromatic nitrogens is 4. The molecule has 2 aromatic heterocycles. The van der Waals surface area contributed by atoms with E-state index >= 15 is 0 Å². The number of pyridine rings is 1. The summed E-state index contributed by atoms with van der Waals surface area (Å²) >= 11 is 0. The molecular formula is C15H19N5O2. The van der Waals surface area contributed by atoms with Crippen LogP contribution in [0.4, 0.5) is 0 Å². The van der Waals surface area contributed by atoms with Gasteiger partial charge in [0.1, 0.15) is 6.33 Å². The highest BCUT2D eigenvalue weighted by Crippen LogP contribution is 2.30. The molecule has 7 nitrogen and oxygen atoms in total. The van der Waals surface area contributed by atoms with Gasteiger partial charge in [0.25, 0.3) is 0 Å². The minimum Gasteiger partial charge on any atom is -0.481 e. The molecule has 1 aliphatic heterocycles. The van der Waals surface area contributed by atoms with E-state index in [4.69, 9.17) is 4.74 Å². The summed E-state index contributed by atoms with van der Waals surface area (Å²) in [6.07, 6.45) is 5.59. The molecule has 0 bridgehead atoms. The summed E-state index contributed by atoms with van der Waals surface area (Å²) in [5, 5.41) is 8.07. The quantitative estimate of drug-likeness (QED) is 0.846. The zero-order valence-electron chi connectivity index (χ0n) is 12.8. The van der Waals surface area contributed by atoms with Crippen LogP contribution >= 0.6 is 0 Å². The fourth-order valence-corrected chi connectivity index (χ4v) is 2.88. The van der Waals surface area contributed by atoms with E-state index in [2.05, 4.69) is 15.2 Å². The molecular weight excluding hydrogens is 282 g/mol. The SMILES string of the molecule is COc1cc(CC(=O)N2CCCC2c2nncn2C)ccn1. The van der Waals surface area contributed by atoms with Crippen molar-refractivity contribution in [2.75, 3.05) is 13.7 Å². The lowest BCUT2D eigenvalue weighted by atomic mass is 10.1. The Morgan fingerprint density at radius 1 is 1.50 bits per heavy atom. The fraction of sp³-hybridized carbons (Fsp3) is 0.467. The zero-order valence-corrected chi connectivity index (χ0v) is 12.8. The van der Waals surface area contributed by atoms with Crippen LogP contribution in [0.2, 0.25) is 0 Å². The predicted molar refractivity (Wildman–Crippen MR) is 79.2 cm³/mol. The maximum Gasteiger partial charge on any atom is 0.227 e. The smallest absolute Gasteiger partial charge is 0.227 e. The van der Waals surface area contributed by atoms with Crippen LogP contribution in [-0.2, 0) is 18.3 Å². The first-order valence-electron chi connectivity index (χ1n) is 7.31. The number of methoxy groups -OCH3 is 1. The minimum absolute atomic E-state index is 0.0173. The van der Waals surface area contributed by atoms with Crippen molar-refractivity contribution < 1.29 is 9.53 Å². The summed E-state index contributed by atoms with van der Waals surface area (Å²) in [5.41, 5.74) is 0.903. The van der Waals surface area contributed by atoms with Crippen molar-refractivity contribution in [3.05, 3.63) is 36.0 Å². The first-order chi connectivity index (χ1) is 10.7. The number of hydrogen-bond acceptors (Lipinski definition) is 5. The molecule has 1 unspecified atom stereocenters. The van der Waals surface area contributed by atoms with Crippen molar-refractivity contribution >= 4 is 5.91 Å². The van der Waals surface area contributed by atoms with Crippen molar-refractivity contribution in [2.45, 2.75) is 25.3 Å². The second-order valence-corrected chi connectivity index (χ2v) is 5.43. The third kappa shape index (κ3) is 2.79. The number of hydrogen-bond donors (Lipinski definition) is 0. The molecule has 2 aromatic rings. The Bertz CT molecular complexity index is 669. The Labute approximate surface area is 128 Å². The lowest BCUT2D eigenvalue weighted by molar-refractivity contribution is -0.131. The standard InChI is InChI=1S/C15H19N5O2/c1-19-10-17-18-15(19)12-4-3-7-20(12)14(21)9-11-5-6-16-13(8-11)22-2/h5-6,8,10,12H,3-4,7,9H2,1-2H3. The van der Waals surface area contributed by atoms with E-state index in [9.17, 15) is 4.79 Å². The minimum atomic E-state index is 0.0173. The Morgan fingerprint density at radius 3 is 3.09 bits per heavy atom. The molecule has 1 saturated heterocycles. The molecule has 3 rings (SSSR count). The number of ether oxygens (including phenoxy) is 1. The molecule has 3 heterocycles. The topological polar surface area (TPSA) is 73.1 Å². The van der Waals surface area contributed by atoms with Crippen molar-refractivity contribution in [3.63, 3.8) is 0 Å². The van der Waals surface area contributed by atoms with Crippen LogP contribution in [0.15, 0.2) is 24.7 Å². The largest absolute Gasteiger partial charge is 0.481 e. The number of rotatable bonds is 4. The van der Waals surface area contributed by atoms with Crippen LogP contribution in [0.3, 0.4) is 0 Å². The van der Waals surface area contributed by atoms with Gasteiger partial charge in [-0.2, -0.15) is 0 Å². The molecule has 1 amide bonds. The van der Waals surface area contributed by atoms with Crippen molar-refractivity contribution in [2.24, 2.45) is 7.05 Å². The molecule has 0 aromatic carbocycles. The third-order valence-corrected chi connectivity index (χ3v) is 3.98. The van der Waals surface area contributed by atoms with E-state index in [0.717, 1.165) is 30.8 Å². The Balaban J connectivity index is 1.75. The van der Waals surface area contributed by atoms with Gasteiger partial charge in [-0.3, -0.25) is 4.79 Å². The zero-order chi connectivity index (χ0) is 15.5. The second-order valence-electron chi connectivity index (χ2n) is 5.43. The van der Waals surface area contributed by atoms with Crippen LogP contribution in [0.25, 0.3) is 0 Å². The van der Waals surface area contributed by atoms with Crippen LogP contribution in [0.1, 0.15) is 30.3 Å². The van der Waals surface area contributed by atoms with Gasteiger partial charge in [0.05, 0.1) is 19.6 Å².